The highest BCUT2D eigenvalue weighted by atomic mass is 32.1. The number of nitrogens with one attached hydrogen (secondary N) is 1. The van der Waals surface area contributed by atoms with Crippen LogP contribution < -0.4 is 19.7 Å². The second-order valence-corrected chi connectivity index (χ2v) is 7.00. The van der Waals surface area contributed by atoms with Gasteiger partial charge in [0.2, 0.25) is 5.91 Å². The molecule has 0 spiro atoms. The summed E-state index contributed by atoms with van der Waals surface area (Å²) >= 11 is 1.47. The Morgan fingerprint density at radius 3 is 2.76 bits per heavy atom. The summed E-state index contributed by atoms with van der Waals surface area (Å²) in [6, 6.07) is 5.64. The number of anilines is 1. The molecule has 6 nitrogen and oxygen atoms in total. The van der Waals surface area contributed by atoms with Crippen molar-refractivity contribution in [2.45, 2.75) is 13.5 Å². The molecule has 1 unspecified atom stereocenters. The minimum atomic E-state index is -0.0469. The highest BCUT2D eigenvalue weighted by molar-refractivity contribution is 7.13. The first kappa shape index (κ1) is 17.7. The molecule has 25 heavy (non-hydrogen) atoms. The SMILES string of the molecule is COc1ccc(CN(C(=O)C(C)C2CNC2)c2nccs2)c(OC)c1. The molecule has 1 aromatic carbocycles. The van der Waals surface area contributed by atoms with E-state index in [1.165, 1.54) is 11.3 Å². The molecule has 7 heteroatoms. The van der Waals surface area contributed by atoms with E-state index in [9.17, 15) is 4.79 Å². The second-order valence-electron chi connectivity index (χ2n) is 6.12. The number of carbonyl (C=O) groups excluding carboxylic acids is 1. The topological polar surface area (TPSA) is 63.7 Å². The van der Waals surface area contributed by atoms with E-state index in [0.29, 0.717) is 23.3 Å². The molecule has 2 heterocycles. The summed E-state index contributed by atoms with van der Waals surface area (Å²) in [5.41, 5.74) is 0.922. The molecule has 1 N–H and O–H groups in total. The lowest BCUT2D eigenvalue weighted by molar-refractivity contribution is -0.124. The fourth-order valence-corrected chi connectivity index (χ4v) is 3.50. The Morgan fingerprint density at radius 2 is 2.20 bits per heavy atom. The molecule has 1 saturated heterocycles. The van der Waals surface area contributed by atoms with Gasteiger partial charge in [-0.05, 0) is 31.1 Å². The minimum absolute atomic E-state index is 0.0469. The van der Waals surface area contributed by atoms with Crippen LogP contribution >= 0.6 is 11.3 Å². The molecule has 1 fully saturated rings. The van der Waals surface area contributed by atoms with Crippen molar-refractivity contribution in [3.63, 3.8) is 0 Å². The smallest absolute Gasteiger partial charge is 0.232 e. The van der Waals surface area contributed by atoms with E-state index >= 15 is 0 Å². The van der Waals surface area contributed by atoms with Crippen LogP contribution in [-0.4, -0.2) is 38.2 Å². The molecule has 0 bridgehead atoms. The summed E-state index contributed by atoms with van der Waals surface area (Å²) in [4.78, 5) is 19.2. The third-order valence-electron chi connectivity index (χ3n) is 4.65. The molecule has 0 radical (unpaired) electrons. The predicted octanol–water partition coefficient (Wildman–Crippen LogP) is 2.55. The lowest BCUT2D eigenvalue weighted by Gasteiger charge is -2.34. The van der Waals surface area contributed by atoms with Crippen LogP contribution in [0.1, 0.15) is 12.5 Å². The predicted molar refractivity (Wildman–Crippen MR) is 98.4 cm³/mol. The zero-order chi connectivity index (χ0) is 17.8. The highest BCUT2D eigenvalue weighted by Gasteiger charge is 2.33. The van der Waals surface area contributed by atoms with Gasteiger partial charge in [-0.1, -0.05) is 6.92 Å². The monoisotopic (exact) mass is 361 g/mol. The Balaban J connectivity index is 1.87. The molecular weight excluding hydrogens is 338 g/mol. The molecule has 0 aliphatic carbocycles. The Labute approximate surface area is 151 Å². The highest BCUT2D eigenvalue weighted by Crippen LogP contribution is 2.30. The normalized spacial score (nSPS) is 15.3. The van der Waals surface area contributed by atoms with Gasteiger partial charge in [0.05, 0.1) is 20.8 Å². The van der Waals surface area contributed by atoms with E-state index in [1.807, 2.05) is 30.5 Å². The molecule has 134 valence electrons. The fourth-order valence-electron chi connectivity index (χ4n) is 2.85. The molecule has 0 saturated carbocycles. The van der Waals surface area contributed by atoms with Gasteiger partial charge in [-0.15, -0.1) is 11.3 Å². The van der Waals surface area contributed by atoms with Crippen molar-refractivity contribution in [1.29, 1.82) is 0 Å². The standard InChI is InChI=1S/C18H23N3O3S/c1-12(14-9-19-10-14)17(22)21(18-20-6-7-25-18)11-13-4-5-15(23-2)8-16(13)24-3/h4-8,12,14,19H,9-11H2,1-3H3. The zero-order valence-corrected chi connectivity index (χ0v) is 15.5. The average Bonchev–Trinajstić information content (AvgIpc) is 3.11. The van der Waals surface area contributed by atoms with Crippen LogP contribution in [-0.2, 0) is 11.3 Å². The van der Waals surface area contributed by atoms with E-state index in [0.717, 1.165) is 24.4 Å². The molecule has 1 aliphatic heterocycles. The third-order valence-corrected chi connectivity index (χ3v) is 5.44. The van der Waals surface area contributed by atoms with Gasteiger partial charge < -0.3 is 14.8 Å². The average molecular weight is 361 g/mol. The summed E-state index contributed by atoms with van der Waals surface area (Å²) in [6.07, 6.45) is 1.72. The van der Waals surface area contributed by atoms with E-state index in [4.69, 9.17) is 9.47 Å². The maximum Gasteiger partial charge on any atom is 0.232 e. The first-order chi connectivity index (χ1) is 12.1. The van der Waals surface area contributed by atoms with Crippen LogP contribution in [0.2, 0.25) is 0 Å². The van der Waals surface area contributed by atoms with E-state index in [-0.39, 0.29) is 11.8 Å². The summed E-state index contributed by atoms with van der Waals surface area (Å²) in [5.74, 6) is 1.86. The first-order valence-electron chi connectivity index (χ1n) is 8.26. The molecule has 3 rings (SSSR count). The molecule has 1 aromatic heterocycles. The van der Waals surface area contributed by atoms with Gasteiger partial charge in [-0.2, -0.15) is 0 Å². The van der Waals surface area contributed by atoms with Gasteiger partial charge in [0.15, 0.2) is 5.13 Å². The zero-order valence-electron chi connectivity index (χ0n) is 14.7. The molecule has 1 amide bonds. The van der Waals surface area contributed by atoms with Crippen molar-refractivity contribution in [3.8, 4) is 11.5 Å². The van der Waals surface area contributed by atoms with Gasteiger partial charge in [-0.25, -0.2) is 4.98 Å². The van der Waals surface area contributed by atoms with Crippen LogP contribution in [0.4, 0.5) is 5.13 Å². The van der Waals surface area contributed by atoms with Gasteiger partial charge in [0.1, 0.15) is 11.5 Å². The van der Waals surface area contributed by atoms with Crippen molar-refractivity contribution >= 4 is 22.4 Å². The number of nitrogens with zero attached hydrogens (tertiary/aromatic N) is 2. The molecular formula is C18H23N3O3S. The number of ether oxygens (including phenoxy) is 2. The number of hydrogen-bond acceptors (Lipinski definition) is 6. The number of rotatable bonds is 7. The summed E-state index contributed by atoms with van der Waals surface area (Å²) < 4.78 is 10.7. The summed E-state index contributed by atoms with van der Waals surface area (Å²) in [7, 11) is 3.24. The van der Waals surface area contributed by atoms with Crippen molar-refractivity contribution in [2.24, 2.45) is 11.8 Å². The summed E-state index contributed by atoms with van der Waals surface area (Å²) in [5, 5.41) is 5.83. The van der Waals surface area contributed by atoms with Crippen LogP contribution in [0.3, 0.4) is 0 Å². The van der Waals surface area contributed by atoms with Crippen LogP contribution in [0, 0.1) is 11.8 Å². The number of carbonyl (C=O) groups is 1. The van der Waals surface area contributed by atoms with E-state index in [1.54, 1.807) is 25.3 Å². The molecule has 2 aromatic rings. The quantitative estimate of drug-likeness (QED) is 0.821. The number of benzene rings is 1. The van der Waals surface area contributed by atoms with Crippen LogP contribution in [0.5, 0.6) is 11.5 Å². The van der Waals surface area contributed by atoms with Gasteiger partial charge in [-0.3, -0.25) is 9.69 Å². The lowest BCUT2D eigenvalue weighted by atomic mass is 9.88. The van der Waals surface area contributed by atoms with Gasteiger partial charge in [0.25, 0.3) is 0 Å². The maximum absolute atomic E-state index is 13.1. The lowest BCUT2D eigenvalue weighted by Crippen LogP contribution is -2.50. The summed E-state index contributed by atoms with van der Waals surface area (Å²) in [6.45, 7) is 4.21. The number of thiazole rings is 1. The van der Waals surface area contributed by atoms with Crippen molar-refractivity contribution in [1.82, 2.24) is 10.3 Å². The van der Waals surface area contributed by atoms with Crippen molar-refractivity contribution in [3.05, 3.63) is 35.3 Å². The van der Waals surface area contributed by atoms with Crippen LogP contribution in [0.25, 0.3) is 0 Å². The van der Waals surface area contributed by atoms with E-state index < -0.39 is 0 Å². The Kier molecular flexibility index (Phi) is 5.55. The van der Waals surface area contributed by atoms with Gasteiger partial charge in [0, 0.05) is 29.1 Å². The van der Waals surface area contributed by atoms with Gasteiger partial charge >= 0.3 is 0 Å². The Hall–Kier alpha value is -2.12. The number of hydrogen-bond donors (Lipinski definition) is 1. The Bertz CT molecular complexity index is 716. The second kappa shape index (κ2) is 7.84. The number of aromatic nitrogens is 1. The third kappa shape index (κ3) is 3.77. The molecule has 1 atom stereocenters. The maximum atomic E-state index is 13.1. The number of amides is 1. The Morgan fingerprint density at radius 1 is 1.40 bits per heavy atom. The first-order valence-corrected chi connectivity index (χ1v) is 9.14. The minimum Gasteiger partial charge on any atom is -0.497 e. The van der Waals surface area contributed by atoms with Crippen molar-refractivity contribution < 1.29 is 14.3 Å². The van der Waals surface area contributed by atoms with Crippen LogP contribution in [0.15, 0.2) is 29.8 Å². The fraction of sp³-hybridized carbons (Fsp3) is 0.444. The van der Waals surface area contributed by atoms with Crippen molar-refractivity contribution in [2.75, 3.05) is 32.2 Å². The van der Waals surface area contributed by atoms with E-state index in [2.05, 4.69) is 10.3 Å². The largest absolute Gasteiger partial charge is 0.497 e. The molecule has 1 aliphatic rings. The number of methoxy groups -OCH3 is 2.